The maximum Gasteiger partial charge on any atom is 0.221 e. The summed E-state index contributed by atoms with van der Waals surface area (Å²) in [5.74, 6) is 0.0978. The molecular weight excluding hydrogens is 228 g/mol. The molecule has 1 atom stereocenters. The highest BCUT2D eigenvalue weighted by Gasteiger charge is 2.17. The number of aliphatic hydroxyl groups is 1. The molecule has 98 valence electrons. The van der Waals surface area contributed by atoms with Crippen LogP contribution in [0.3, 0.4) is 0 Å². The maximum atomic E-state index is 11.7. The van der Waals surface area contributed by atoms with Gasteiger partial charge in [-0.1, -0.05) is 24.3 Å². The van der Waals surface area contributed by atoms with E-state index in [0.29, 0.717) is 19.0 Å². The predicted octanol–water partition coefficient (Wildman–Crippen LogP) is 0.937. The van der Waals surface area contributed by atoms with E-state index in [9.17, 15) is 4.79 Å². The van der Waals surface area contributed by atoms with Gasteiger partial charge >= 0.3 is 0 Å². The topological polar surface area (TPSA) is 61.4 Å². The number of amides is 1. The summed E-state index contributed by atoms with van der Waals surface area (Å²) in [6.45, 7) is 1.64. The highest BCUT2D eigenvalue weighted by Crippen LogP contribution is 2.09. The van der Waals surface area contributed by atoms with Crippen molar-refractivity contribution in [2.24, 2.45) is 0 Å². The lowest BCUT2D eigenvalue weighted by molar-refractivity contribution is -0.121. The van der Waals surface area contributed by atoms with Crippen molar-refractivity contribution in [3.8, 4) is 0 Å². The lowest BCUT2D eigenvalue weighted by Gasteiger charge is -2.10. The molecule has 18 heavy (non-hydrogen) atoms. The molecule has 1 fully saturated rings. The molecule has 0 radical (unpaired) electrons. The van der Waals surface area contributed by atoms with Crippen LogP contribution in [0.2, 0.25) is 0 Å². The third-order valence-electron chi connectivity index (χ3n) is 3.29. The van der Waals surface area contributed by atoms with Crippen LogP contribution in [0.4, 0.5) is 0 Å². The third kappa shape index (κ3) is 3.82. The molecule has 0 aliphatic carbocycles. The van der Waals surface area contributed by atoms with E-state index < -0.39 is 0 Å². The van der Waals surface area contributed by atoms with Crippen molar-refractivity contribution in [2.75, 3.05) is 6.54 Å². The van der Waals surface area contributed by atoms with E-state index in [2.05, 4.69) is 10.6 Å². The summed E-state index contributed by atoms with van der Waals surface area (Å²) in [5, 5.41) is 15.2. The molecule has 1 aromatic rings. The summed E-state index contributed by atoms with van der Waals surface area (Å²) in [5.41, 5.74) is 1.94. The van der Waals surface area contributed by atoms with Crippen LogP contribution in [0.5, 0.6) is 0 Å². The van der Waals surface area contributed by atoms with Crippen molar-refractivity contribution in [1.82, 2.24) is 10.6 Å². The molecule has 1 aliphatic rings. The van der Waals surface area contributed by atoms with Crippen molar-refractivity contribution >= 4 is 5.91 Å². The Bertz CT molecular complexity index is 383. The Kier molecular flexibility index (Phi) is 4.73. The molecule has 1 amide bonds. The number of hydrogen-bond donors (Lipinski definition) is 3. The normalized spacial score (nSPS) is 18.8. The number of hydrogen-bond acceptors (Lipinski definition) is 3. The van der Waals surface area contributed by atoms with Crippen LogP contribution in [0.15, 0.2) is 24.3 Å². The van der Waals surface area contributed by atoms with Gasteiger partial charge in [0, 0.05) is 19.0 Å². The third-order valence-corrected chi connectivity index (χ3v) is 3.29. The van der Waals surface area contributed by atoms with Gasteiger partial charge in [0.25, 0.3) is 0 Å². The predicted molar refractivity (Wildman–Crippen MR) is 69.9 cm³/mol. The fourth-order valence-corrected chi connectivity index (χ4v) is 2.19. The largest absolute Gasteiger partial charge is 0.392 e. The Balaban J connectivity index is 1.74. The number of nitrogens with one attached hydrogen (secondary N) is 2. The molecule has 1 unspecified atom stereocenters. The van der Waals surface area contributed by atoms with Crippen molar-refractivity contribution < 1.29 is 9.90 Å². The highest BCUT2D eigenvalue weighted by molar-refractivity contribution is 5.76. The lowest BCUT2D eigenvalue weighted by Crippen LogP contribution is -2.31. The fraction of sp³-hybridized carbons (Fsp3) is 0.500. The van der Waals surface area contributed by atoms with Gasteiger partial charge in [-0.05, 0) is 30.5 Å². The Morgan fingerprint density at radius 3 is 2.67 bits per heavy atom. The van der Waals surface area contributed by atoms with Gasteiger partial charge in [-0.2, -0.15) is 0 Å². The first-order valence-electron chi connectivity index (χ1n) is 6.46. The van der Waals surface area contributed by atoms with Crippen LogP contribution in [-0.2, 0) is 17.9 Å². The fourth-order valence-electron chi connectivity index (χ4n) is 2.19. The number of rotatable bonds is 5. The minimum atomic E-state index is 0.0555. The van der Waals surface area contributed by atoms with Crippen molar-refractivity contribution in [3.63, 3.8) is 0 Å². The smallest absolute Gasteiger partial charge is 0.221 e. The summed E-state index contributed by atoms with van der Waals surface area (Å²) in [7, 11) is 0. The molecule has 4 heteroatoms. The summed E-state index contributed by atoms with van der Waals surface area (Å²) in [6, 6.07) is 7.96. The van der Waals surface area contributed by atoms with Gasteiger partial charge in [0.1, 0.15) is 0 Å². The molecule has 2 rings (SSSR count). The molecule has 0 aromatic heterocycles. The average Bonchev–Trinajstić information content (AvgIpc) is 2.90. The molecule has 0 saturated carbocycles. The van der Waals surface area contributed by atoms with Gasteiger partial charge in [0.05, 0.1) is 6.61 Å². The number of carbonyl (C=O) groups excluding carboxylic acids is 1. The zero-order valence-electron chi connectivity index (χ0n) is 10.5. The Morgan fingerprint density at radius 1 is 1.33 bits per heavy atom. The zero-order chi connectivity index (χ0) is 12.8. The average molecular weight is 248 g/mol. The second kappa shape index (κ2) is 6.52. The van der Waals surface area contributed by atoms with E-state index in [-0.39, 0.29) is 12.5 Å². The highest BCUT2D eigenvalue weighted by atomic mass is 16.3. The van der Waals surface area contributed by atoms with Crippen molar-refractivity contribution in [1.29, 1.82) is 0 Å². The van der Waals surface area contributed by atoms with Crippen LogP contribution in [0.25, 0.3) is 0 Å². The van der Waals surface area contributed by atoms with Crippen molar-refractivity contribution in [2.45, 2.75) is 38.5 Å². The van der Waals surface area contributed by atoms with Crippen LogP contribution < -0.4 is 10.6 Å². The van der Waals surface area contributed by atoms with E-state index in [4.69, 9.17) is 5.11 Å². The summed E-state index contributed by atoms with van der Waals surface area (Å²) < 4.78 is 0. The monoisotopic (exact) mass is 248 g/mol. The summed E-state index contributed by atoms with van der Waals surface area (Å²) in [6.07, 6.45) is 2.83. The van der Waals surface area contributed by atoms with E-state index in [1.165, 1.54) is 6.42 Å². The first kappa shape index (κ1) is 13.1. The zero-order valence-corrected chi connectivity index (χ0v) is 10.5. The second-order valence-corrected chi connectivity index (χ2v) is 4.75. The number of aliphatic hydroxyl groups excluding tert-OH is 1. The van der Waals surface area contributed by atoms with Gasteiger partial charge in [0.15, 0.2) is 0 Å². The molecular formula is C14H20N2O2. The second-order valence-electron chi connectivity index (χ2n) is 4.75. The molecule has 4 nitrogen and oxygen atoms in total. The Morgan fingerprint density at radius 2 is 2.06 bits per heavy atom. The number of carbonyl (C=O) groups is 1. The van der Waals surface area contributed by atoms with Crippen LogP contribution in [0.1, 0.15) is 30.4 Å². The minimum absolute atomic E-state index is 0.0555. The molecule has 1 heterocycles. The summed E-state index contributed by atoms with van der Waals surface area (Å²) >= 11 is 0. The summed E-state index contributed by atoms with van der Waals surface area (Å²) in [4.78, 5) is 11.7. The van der Waals surface area contributed by atoms with E-state index >= 15 is 0 Å². The van der Waals surface area contributed by atoms with Gasteiger partial charge in [-0.3, -0.25) is 4.79 Å². The molecule has 0 bridgehead atoms. The first-order valence-corrected chi connectivity index (χ1v) is 6.46. The lowest BCUT2D eigenvalue weighted by atomic mass is 10.1. The van der Waals surface area contributed by atoms with Gasteiger partial charge in [-0.25, -0.2) is 0 Å². The van der Waals surface area contributed by atoms with Crippen LogP contribution in [0, 0.1) is 0 Å². The molecule has 3 N–H and O–H groups in total. The standard InChI is InChI=1S/C14H20N2O2/c17-10-12-5-3-11(4-6-12)9-16-14(18)8-13-2-1-7-15-13/h3-6,13,15,17H,1-2,7-10H2,(H,16,18). The molecule has 1 aromatic carbocycles. The van der Waals surface area contributed by atoms with Gasteiger partial charge < -0.3 is 15.7 Å². The Hall–Kier alpha value is -1.39. The van der Waals surface area contributed by atoms with Gasteiger partial charge in [0.2, 0.25) is 5.91 Å². The van der Waals surface area contributed by atoms with Crippen LogP contribution in [-0.4, -0.2) is 23.6 Å². The van der Waals surface area contributed by atoms with E-state index in [1.807, 2.05) is 24.3 Å². The quantitative estimate of drug-likeness (QED) is 0.726. The van der Waals surface area contributed by atoms with E-state index in [1.54, 1.807) is 0 Å². The maximum absolute atomic E-state index is 11.7. The van der Waals surface area contributed by atoms with E-state index in [0.717, 1.165) is 24.1 Å². The Labute approximate surface area is 107 Å². The van der Waals surface area contributed by atoms with Crippen LogP contribution >= 0.6 is 0 Å². The molecule has 1 saturated heterocycles. The SMILES string of the molecule is O=C(CC1CCCN1)NCc1ccc(CO)cc1. The molecule has 0 spiro atoms. The minimum Gasteiger partial charge on any atom is -0.392 e. The van der Waals surface area contributed by atoms with Crippen molar-refractivity contribution in [3.05, 3.63) is 35.4 Å². The van der Waals surface area contributed by atoms with Gasteiger partial charge in [-0.15, -0.1) is 0 Å². The molecule has 1 aliphatic heterocycles. The first-order chi connectivity index (χ1) is 8.78. The number of benzene rings is 1.